The van der Waals surface area contributed by atoms with Crippen LogP contribution in [0.25, 0.3) is 0 Å². The molecule has 0 amide bonds. The molecule has 0 spiro atoms. The zero-order chi connectivity index (χ0) is 10.7. The Morgan fingerprint density at radius 3 is 2.67 bits per heavy atom. The van der Waals surface area contributed by atoms with Gasteiger partial charge in [-0.05, 0) is 45.1 Å². The molecule has 4 nitrogen and oxygen atoms in total. The summed E-state index contributed by atoms with van der Waals surface area (Å²) in [4.78, 5) is 2.34. The van der Waals surface area contributed by atoms with Gasteiger partial charge in [-0.2, -0.15) is 0 Å². The van der Waals surface area contributed by atoms with Crippen molar-refractivity contribution in [2.45, 2.75) is 18.9 Å². The summed E-state index contributed by atoms with van der Waals surface area (Å²) >= 11 is 5.67. The van der Waals surface area contributed by atoms with Gasteiger partial charge in [-0.25, -0.2) is 0 Å². The lowest BCUT2D eigenvalue weighted by atomic mass is 10.1. The number of piperidine rings is 1. The highest BCUT2D eigenvalue weighted by Crippen LogP contribution is 2.14. The summed E-state index contributed by atoms with van der Waals surface area (Å²) in [6.45, 7) is 2.28. The second-order valence-electron chi connectivity index (χ2n) is 3.96. The van der Waals surface area contributed by atoms with Gasteiger partial charge >= 0.3 is 0 Å². The van der Waals surface area contributed by atoms with Gasteiger partial charge < -0.3 is 10.2 Å². The zero-order valence-corrected chi connectivity index (χ0v) is 9.54. The molecule has 0 bridgehead atoms. The van der Waals surface area contributed by atoms with Gasteiger partial charge in [-0.3, -0.25) is 0 Å². The summed E-state index contributed by atoms with van der Waals surface area (Å²) in [6, 6.07) is 4.14. The van der Waals surface area contributed by atoms with Gasteiger partial charge in [-0.1, -0.05) is 11.6 Å². The monoisotopic (exact) mass is 226 g/mol. The SMILES string of the molecule is CN1CCC(Nc2ccc(Cl)nn2)CC1. The lowest BCUT2D eigenvalue weighted by Crippen LogP contribution is -2.36. The first-order valence-corrected chi connectivity index (χ1v) is 5.56. The molecular formula is C10H15ClN4. The molecule has 82 valence electrons. The molecule has 1 aliphatic heterocycles. The summed E-state index contributed by atoms with van der Waals surface area (Å²) in [6.07, 6.45) is 2.31. The van der Waals surface area contributed by atoms with Crippen molar-refractivity contribution in [3.63, 3.8) is 0 Å². The van der Waals surface area contributed by atoms with Crippen molar-refractivity contribution in [3.8, 4) is 0 Å². The third-order valence-corrected chi connectivity index (χ3v) is 2.90. The molecule has 1 aromatic rings. The molecule has 15 heavy (non-hydrogen) atoms. The molecule has 1 fully saturated rings. The van der Waals surface area contributed by atoms with Crippen LogP contribution >= 0.6 is 11.6 Å². The van der Waals surface area contributed by atoms with E-state index in [1.54, 1.807) is 6.07 Å². The van der Waals surface area contributed by atoms with Gasteiger partial charge in [0, 0.05) is 6.04 Å². The minimum absolute atomic E-state index is 0.434. The van der Waals surface area contributed by atoms with E-state index in [1.165, 1.54) is 0 Å². The minimum Gasteiger partial charge on any atom is -0.366 e. The highest BCUT2D eigenvalue weighted by atomic mass is 35.5. The molecule has 2 rings (SSSR count). The second kappa shape index (κ2) is 4.77. The second-order valence-corrected chi connectivity index (χ2v) is 4.35. The topological polar surface area (TPSA) is 41.0 Å². The molecule has 0 radical (unpaired) electrons. The molecule has 1 saturated heterocycles. The molecule has 0 saturated carbocycles. The Hall–Kier alpha value is -0.870. The number of nitrogens with one attached hydrogen (secondary N) is 1. The van der Waals surface area contributed by atoms with Crippen molar-refractivity contribution in [2.24, 2.45) is 0 Å². The molecule has 5 heteroatoms. The molecule has 0 aliphatic carbocycles. The first-order valence-electron chi connectivity index (χ1n) is 5.18. The first-order chi connectivity index (χ1) is 7.24. The maximum atomic E-state index is 5.67. The third kappa shape index (κ3) is 3.04. The first kappa shape index (κ1) is 10.6. The lowest BCUT2D eigenvalue weighted by molar-refractivity contribution is 0.263. The number of halogens is 1. The Bertz CT molecular complexity index is 306. The van der Waals surface area contributed by atoms with Gasteiger partial charge in [0.05, 0.1) is 0 Å². The van der Waals surface area contributed by atoms with E-state index in [9.17, 15) is 0 Å². The van der Waals surface area contributed by atoms with E-state index < -0.39 is 0 Å². The van der Waals surface area contributed by atoms with Gasteiger partial charge in [0.15, 0.2) is 5.15 Å². The van der Waals surface area contributed by atoms with E-state index in [0.29, 0.717) is 11.2 Å². The van der Waals surface area contributed by atoms with Crippen LogP contribution in [0, 0.1) is 0 Å². The largest absolute Gasteiger partial charge is 0.366 e. The number of anilines is 1. The highest BCUT2D eigenvalue weighted by molar-refractivity contribution is 6.29. The van der Waals surface area contributed by atoms with E-state index in [0.717, 1.165) is 31.7 Å². The van der Waals surface area contributed by atoms with E-state index in [1.807, 2.05) is 6.07 Å². The molecule has 1 aliphatic rings. The third-order valence-electron chi connectivity index (χ3n) is 2.70. The highest BCUT2D eigenvalue weighted by Gasteiger charge is 2.16. The smallest absolute Gasteiger partial charge is 0.151 e. The van der Waals surface area contributed by atoms with E-state index in [-0.39, 0.29) is 0 Å². The summed E-state index contributed by atoms with van der Waals surface area (Å²) in [5, 5.41) is 11.6. The summed E-state index contributed by atoms with van der Waals surface area (Å²) < 4.78 is 0. The van der Waals surface area contributed by atoms with Crippen LogP contribution in [0.2, 0.25) is 5.15 Å². The normalized spacial score (nSPS) is 19.1. The molecular weight excluding hydrogens is 212 g/mol. The Labute approximate surface area is 94.6 Å². The van der Waals surface area contributed by atoms with Crippen LogP contribution < -0.4 is 5.32 Å². The number of hydrogen-bond donors (Lipinski definition) is 1. The lowest BCUT2D eigenvalue weighted by Gasteiger charge is -2.29. The predicted molar refractivity (Wildman–Crippen MR) is 61.2 cm³/mol. The van der Waals surface area contributed by atoms with Gasteiger partial charge in [0.25, 0.3) is 0 Å². The van der Waals surface area contributed by atoms with Gasteiger partial charge in [0.2, 0.25) is 0 Å². The minimum atomic E-state index is 0.434. The quantitative estimate of drug-likeness (QED) is 0.833. The maximum absolute atomic E-state index is 5.67. The van der Waals surface area contributed by atoms with Crippen LogP contribution in [0.5, 0.6) is 0 Å². The molecule has 2 heterocycles. The number of aromatic nitrogens is 2. The van der Waals surface area contributed by atoms with Crippen molar-refractivity contribution in [1.82, 2.24) is 15.1 Å². The Kier molecular flexibility index (Phi) is 3.38. The zero-order valence-electron chi connectivity index (χ0n) is 8.78. The standard InChI is InChI=1S/C10H15ClN4/c1-15-6-4-8(5-7-15)12-10-3-2-9(11)13-14-10/h2-3,8H,4-7H2,1H3,(H,12,14). The maximum Gasteiger partial charge on any atom is 0.151 e. The van der Waals surface area contributed by atoms with Crippen molar-refractivity contribution in [3.05, 3.63) is 17.3 Å². The summed E-state index contributed by atoms with van der Waals surface area (Å²) in [5.74, 6) is 0.814. The fraction of sp³-hybridized carbons (Fsp3) is 0.600. The van der Waals surface area contributed by atoms with Crippen LogP contribution in [0.1, 0.15) is 12.8 Å². The number of hydrogen-bond acceptors (Lipinski definition) is 4. The Balaban J connectivity index is 1.89. The molecule has 1 aromatic heterocycles. The van der Waals surface area contributed by atoms with Crippen LogP contribution in [0.4, 0.5) is 5.82 Å². The van der Waals surface area contributed by atoms with E-state index in [4.69, 9.17) is 11.6 Å². The average molecular weight is 227 g/mol. The van der Waals surface area contributed by atoms with E-state index in [2.05, 4.69) is 27.5 Å². The average Bonchev–Trinajstić information content (AvgIpc) is 2.25. The summed E-state index contributed by atoms with van der Waals surface area (Å²) in [7, 11) is 2.15. The summed E-state index contributed by atoms with van der Waals surface area (Å²) in [5.41, 5.74) is 0. The van der Waals surface area contributed by atoms with Crippen molar-refractivity contribution >= 4 is 17.4 Å². The van der Waals surface area contributed by atoms with Crippen molar-refractivity contribution < 1.29 is 0 Å². The van der Waals surface area contributed by atoms with Crippen LogP contribution in [-0.2, 0) is 0 Å². The van der Waals surface area contributed by atoms with Crippen LogP contribution in [0.3, 0.4) is 0 Å². The fourth-order valence-corrected chi connectivity index (χ4v) is 1.86. The Morgan fingerprint density at radius 2 is 2.07 bits per heavy atom. The number of likely N-dealkylation sites (tertiary alicyclic amines) is 1. The molecule has 0 unspecified atom stereocenters. The van der Waals surface area contributed by atoms with E-state index >= 15 is 0 Å². The number of rotatable bonds is 2. The van der Waals surface area contributed by atoms with Crippen molar-refractivity contribution in [2.75, 3.05) is 25.5 Å². The molecule has 0 atom stereocenters. The van der Waals surface area contributed by atoms with Crippen LogP contribution in [0.15, 0.2) is 12.1 Å². The van der Waals surface area contributed by atoms with Gasteiger partial charge in [-0.15, -0.1) is 10.2 Å². The van der Waals surface area contributed by atoms with Crippen LogP contribution in [-0.4, -0.2) is 41.3 Å². The predicted octanol–water partition coefficient (Wildman–Crippen LogP) is 1.64. The Morgan fingerprint density at radius 1 is 1.33 bits per heavy atom. The fourth-order valence-electron chi connectivity index (χ4n) is 1.76. The van der Waals surface area contributed by atoms with Crippen molar-refractivity contribution in [1.29, 1.82) is 0 Å². The van der Waals surface area contributed by atoms with Gasteiger partial charge in [0.1, 0.15) is 5.82 Å². The molecule has 1 N–H and O–H groups in total. The molecule has 0 aromatic carbocycles. The number of nitrogens with zero attached hydrogens (tertiary/aromatic N) is 3.